The Balaban J connectivity index is 1.55. The number of thioether (sulfide) groups is 1. The van der Waals surface area contributed by atoms with Crippen molar-refractivity contribution in [2.24, 2.45) is 0 Å². The quantitative estimate of drug-likeness (QED) is 0.336. The molecule has 35 heavy (non-hydrogen) atoms. The minimum Gasteiger partial charge on any atom is -0.480 e. The van der Waals surface area contributed by atoms with E-state index in [-0.39, 0.29) is 5.91 Å². The van der Waals surface area contributed by atoms with Crippen LogP contribution in [0.15, 0.2) is 91.0 Å². The number of aliphatic carboxylic acids is 1. The van der Waals surface area contributed by atoms with E-state index in [0.717, 1.165) is 33.6 Å². The van der Waals surface area contributed by atoms with E-state index in [1.54, 1.807) is 0 Å². The predicted molar refractivity (Wildman–Crippen MR) is 140 cm³/mol. The fourth-order valence-electron chi connectivity index (χ4n) is 3.55. The molecule has 0 aliphatic rings. The molecule has 4 aromatic rings. The zero-order chi connectivity index (χ0) is 24.6. The van der Waals surface area contributed by atoms with E-state index >= 15 is 0 Å². The molecule has 7 heteroatoms. The molecule has 3 aromatic carbocycles. The molecular formula is C28H25N3O3S. The van der Waals surface area contributed by atoms with Crippen LogP contribution in [0.4, 0.5) is 0 Å². The predicted octanol–water partition coefficient (Wildman–Crippen LogP) is 5.30. The number of amides is 1. The molecule has 1 amide bonds. The van der Waals surface area contributed by atoms with Crippen LogP contribution in [-0.2, 0) is 15.3 Å². The number of carbonyl (C=O) groups excluding carboxylic acids is 1. The van der Waals surface area contributed by atoms with Gasteiger partial charge in [0, 0.05) is 35.1 Å². The van der Waals surface area contributed by atoms with E-state index in [2.05, 4.69) is 5.32 Å². The Hall–Kier alpha value is -3.97. The first-order valence-electron chi connectivity index (χ1n) is 11.2. The third-order valence-corrected chi connectivity index (χ3v) is 6.41. The van der Waals surface area contributed by atoms with Gasteiger partial charge in [-0.2, -0.15) is 11.8 Å². The molecule has 0 aliphatic heterocycles. The maximum absolute atomic E-state index is 11.3. The minimum atomic E-state index is -1.03. The van der Waals surface area contributed by atoms with E-state index in [0.29, 0.717) is 17.3 Å². The smallest absolute Gasteiger partial charge is 0.327 e. The van der Waals surface area contributed by atoms with Crippen LogP contribution in [0, 0.1) is 0 Å². The molecular weight excluding hydrogens is 458 g/mol. The fourth-order valence-corrected chi connectivity index (χ4v) is 4.56. The highest BCUT2D eigenvalue weighted by molar-refractivity contribution is 7.98. The third kappa shape index (κ3) is 6.55. The van der Waals surface area contributed by atoms with Gasteiger partial charge in [-0.05, 0) is 11.6 Å². The highest BCUT2D eigenvalue weighted by Crippen LogP contribution is 2.27. The highest BCUT2D eigenvalue weighted by Gasteiger charge is 2.18. The Bertz CT molecular complexity index is 1240. The summed E-state index contributed by atoms with van der Waals surface area (Å²) in [6.45, 7) is 1.32. The van der Waals surface area contributed by atoms with Crippen molar-refractivity contribution in [3.63, 3.8) is 0 Å². The molecule has 0 bridgehead atoms. The van der Waals surface area contributed by atoms with Crippen molar-refractivity contribution in [3.05, 3.63) is 96.6 Å². The van der Waals surface area contributed by atoms with Crippen molar-refractivity contribution in [1.29, 1.82) is 0 Å². The number of aromatic nitrogens is 2. The average molecular weight is 484 g/mol. The zero-order valence-corrected chi connectivity index (χ0v) is 20.0. The lowest BCUT2D eigenvalue weighted by Crippen LogP contribution is -2.41. The van der Waals surface area contributed by atoms with Crippen LogP contribution in [0.3, 0.4) is 0 Å². The molecule has 1 atom stereocenters. The summed E-state index contributed by atoms with van der Waals surface area (Å²) in [6.07, 6.45) is 0. The molecule has 0 fully saturated rings. The molecule has 0 spiro atoms. The first-order chi connectivity index (χ1) is 17.0. The Labute approximate surface area is 208 Å². The number of nitrogens with one attached hydrogen (secondary N) is 1. The number of benzene rings is 3. The Morgan fingerprint density at radius 1 is 0.829 bits per heavy atom. The number of nitrogens with zero attached hydrogens (tertiary/aromatic N) is 2. The summed E-state index contributed by atoms with van der Waals surface area (Å²) in [7, 11) is 0. The molecule has 1 heterocycles. The van der Waals surface area contributed by atoms with Gasteiger partial charge in [0.15, 0.2) is 5.82 Å². The Morgan fingerprint density at radius 2 is 1.37 bits per heavy atom. The second-order valence-corrected chi connectivity index (χ2v) is 9.03. The SMILES string of the molecule is CC(=O)NC(CSCc1ccc(-c2nc(-c3ccccc3)cc(-c3ccccc3)n2)cc1)C(=O)O. The molecule has 0 saturated carbocycles. The molecule has 1 aromatic heterocycles. The zero-order valence-electron chi connectivity index (χ0n) is 19.2. The number of carbonyl (C=O) groups is 2. The highest BCUT2D eigenvalue weighted by atomic mass is 32.2. The van der Waals surface area contributed by atoms with Crippen molar-refractivity contribution >= 4 is 23.6 Å². The average Bonchev–Trinajstić information content (AvgIpc) is 2.89. The maximum atomic E-state index is 11.3. The van der Waals surface area contributed by atoms with E-state index in [1.165, 1.54) is 18.7 Å². The summed E-state index contributed by atoms with van der Waals surface area (Å²) in [4.78, 5) is 32.2. The number of carboxylic acids is 1. The normalized spacial score (nSPS) is 11.6. The van der Waals surface area contributed by atoms with Gasteiger partial charge in [0.1, 0.15) is 6.04 Å². The van der Waals surface area contributed by atoms with Crippen molar-refractivity contribution in [2.75, 3.05) is 5.75 Å². The molecule has 0 aliphatic carbocycles. The topological polar surface area (TPSA) is 92.2 Å². The van der Waals surface area contributed by atoms with Crippen molar-refractivity contribution in [2.45, 2.75) is 18.7 Å². The van der Waals surface area contributed by atoms with Gasteiger partial charge in [-0.1, -0.05) is 84.9 Å². The number of hydrogen-bond acceptors (Lipinski definition) is 5. The fraction of sp³-hybridized carbons (Fsp3) is 0.143. The second-order valence-electron chi connectivity index (χ2n) is 8.00. The van der Waals surface area contributed by atoms with Gasteiger partial charge in [-0.3, -0.25) is 4.79 Å². The van der Waals surface area contributed by atoms with Gasteiger partial charge in [0.25, 0.3) is 0 Å². The van der Waals surface area contributed by atoms with Crippen LogP contribution in [0.2, 0.25) is 0 Å². The van der Waals surface area contributed by atoms with E-state index in [9.17, 15) is 14.7 Å². The van der Waals surface area contributed by atoms with Gasteiger partial charge < -0.3 is 10.4 Å². The lowest BCUT2D eigenvalue weighted by molar-refractivity contribution is -0.140. The van der Waals surface area contributed by atoms with Crippen LogP contribution < -0.4 is 5.32 Å². The van der Waals surface area contributed by atoms with Gasteiger partial charge in [-0.25, -0.2) is 14.8 Å². The minimum absolute atomic E-state index is 0.291. The third-order valence-electron chi connectivity index (χ3n) is 5.31. The largest absolute Gasteiger partial charge is 0.480 e. The first-order valence-corrected chi connectivity index (χ1v) is 12.3. The molecule has 4 rings (SSSR count). The number of carboxylic acid groups (broad SMARTS) is 1. The van der Waals surface area contributed by atoms with Crippen molar-refractivity contribution in [3.8, 4) is 33.9 Å². The number of hydrogen-bond donors (Lipinski definition) is 2. The van der Waals surface area contributed by atoms with E-state index in [4.69, 9.17) is 9.97 Å². The van der Waals surface area contributed by atoms with Gasteiger partial charge in [0.2, 0.25) is 5.91 Å². The summed E-state index contributed by atoms with van der Waals surface area (Å²) in [5.41, 5.74) is 5.70. The molecule has 176 valence electrons. The summed E-state index contributed by atoms with van der Waals surface area (Å²) < 4.78 is 0. The van der Waals surface area contributed by atoms with E-state index < -0.39 is 12.0 Å². The van der Waals surface area contributed by atoms with Gasteiger partial charge in [-0.15, -0.1) is 0 Å². The summed E-state index contributed by atoms with van der Waals surface area (Å²) >= 11 is 1.46. The van der Waals surface area contributed by atoms with Crippen LogP contribution >= 0.6 is 11.8 Å². The Morgan fingerprint density at radius 3 is 1.86 bits per heavy atom. The van der Waals surface area contributed by atoms with E-state index in [1.807, 2.05) is 91.0 Å². The molecule has 0 saturated heterocycles. The first kappa shape index (κ1) is 24.2. The molecule has 0 radical (unpaired) electrons. The van der Waals surface area contributed by atoms with Gasteiger partial charge >= 0.3 is 5.97 Å². The summed E-state index contributed by atoms with van der Waals surface area (Å²) in [5, 5.41) is 11.7. The maximum Gasteiger partial charge on any atom is 0.327 e. The molecule has 1 unspecified atom stereocenters. The van der Waals surface area contributed by atoms with Crippen LogP contribution in [-0.4, -0.2) is 38.7 Å². The molecule has 6 nitrogen and oxygen atoms in total. The standard InChI is InChI=1S/C28H25N3O3S/c1-19(32)29-26(28(33)34)18-35-17-20-12-14-23(15-13-20)27-30-24(21-8-4-2-5-9-21)16-25(31-27)22-10-6-3-7-11-22/h2-16,26H,17-18H2,1H3,(H,29,32)(H,33,34). The van der Waals surface area contributed by atoms with Crippen LogP contribution in [0.5, 0.6) is 0 Å². The summed E-state index contributed by atoms with van der Waals surface area (Å²) in [6, 6.07) is 29.1. The Kier molecular flexibility index (Phi) is 7.90. The van der Waals surface area contributed by atoms with Gasteiger partial charge in [0.05, 0.1) is 11.4 Å². The molecule has 2 N–H and O–H groups in total. The van der Waals surface area contributed by atoms with Crippen LogP contribution in [0.1, 0.15) is 12.5 Å². The lowest BCUT2D eigenvalue weighted by atomic mass is 10.1. The second kappa shape index (κ2) is 11.4. The summed E-state index contributed by atoms with van der Waals surface area (Å²) in [5.74, 6) is 0.173. The monoisotopic (exact) mass is 483 g/mol. The van der Waals surface area contributed by atoms with Crippen LogP contribution in [0.25, 0.3) is 33.9 Å². The van der Waals surface area contributed by atoms with Crippen molar-refractivity contribution in [1.82, 2.24) is 15.3 Å². The van der Waals surface area contributed by atoms with Crippen molar-refractivity contribution < 1.29 is 14.7 Å². The number of rotatable bonds is 9. The lowest BCUT2D eigenvalue weighted by Gasteiger charge is -2.13.